The number of hydrogen-bond donors (Lipinski definition) is 1. The van der Waals surface area contributed by atoms with Gasteiger partial charge in [-0.15, -0.1) is 11.8 Å². The van der Waals surface area contributed by atoms with E-state index in [4.69, 9.17) is 11.6 Å². The number of benzene rings is 1. The molecule has 0 aromatic heterocycles. The summed E-state index contributed by atoms with van der Waals surface area (Å²) < 4.78 is 0. The molecular weight excluding hydrogens is 254 g/mol. The second-order valence-corrected chi connectivity index (χ2v) is 5.47. The Bertz CT molecular complexity index is 353. The topological polar surface area (TPSA) is 29.1 Å². The number of carbonyl (C=O) groups is 1. The van der Waals surface area contributed by atoms with Crippen molar-refractivity contribution in [1.29, 1.82) is 0 Å². The van der Waals surface area contributed by atoms with E-state index in [2.05, 4.69) is 5.32 Å². The first kappa shape index (κ1) is 14.4. The zero-order valence-corrected chi connectivity index (χ0v) is 11.8. The number of amides is 1. The predicted octanol–water partition coefficient (Wildman–Crippen LogP) is 3.74. The van der Waals surface area contributed by atoms with Crippen LogP contribution in [0.1, 0.15) is 26.7 Å². The molecule has 0 saturated carbocycles. The van der Waals surface area contributed by atoms with Crippen molar-refractivity contribution >= 4 is 29.3 Å². The third-order valence-corrected chi connectivity index (χ3v) is 3.93. The first-order valence-electron chi connectivity index (χ1n) is 5.87. The quantitative estimate of drug-likeness (QED) is 0.799. The van der Waals surface area contributed by atoms with Gasteiger partial charge in [0.15, 0.2) is 0 Å². The van der Waals surface area contributed by atoms with Gasteiger partial charge in [-0.25, -0.2) is 0 Å². The molecule has 1 amide bonds. The third-order valence-electron chi connectivity index (χ3n) is 2.30. The van der Waals surface area contributed by atoms with Crippen molar-refractivity contribution in [1.82, 2.24) is 5.32 Å². The highest BCUT2D eigenvalue weighted by atomic mass is 35.5. The highest BCUT2D eigenvalue weighted by Gasteiger charge is 2.16. The summed E-state index contributed by atoms with van der Waals surface area (Å²) in [6, 6.07) is 7.59. The Morgan fingerprint density at radius 3 is 2.53 bits per heavy atom. The largest absolute Gasteiger partial charge is 0.355 e. The normalized spacial score (nSPS) is 12.2. The summed E-state index contributed by atoms with van der Waals surface area (Å²) >= 11 is 7.41. The average Bonchev–Trinajstić information content (AvgIpc) is 2.35. The van der Waals surface area contributed by atoms with Crippen molar-refractivity contribution in [2.45, 2.75) is 36.8 Å². The smallest absolute Gasteiger partial charge is 0.233 e. The van der Waals surface area contributed by atoms with Crippen LogP contribution in [0.4, 0.5) is 0 Å². The molecule has 0 bridgehead atoms. The molecule has 0 aliphatic carbocycles. The Labute approximate surface area is 112 Å². The summed E-state index contributed by atoms with van der Waals surface area (Å²) in [5.74, 6) is 0.120. The summed E-state index contributed by atoms with van der Waals surface area (Å²) in [6.07, 6.45) is 1.79. The standard InChI is InChI=1S/C13H18ClNOS/c1-3-9-15-13(16)12(4-2)17-11-7-5-10(14)6-8-11/h5-8,12H,3-4,9H2,1-2H3,(H,15,16)/t12-/m1/s1. The number of nitrogens with one attached hydrogen (secondary N) is 1. The summed E-state index contributed by atoms with van der Waals surface area (Å²) in [5.41, 5.74) is 0. The lowest BCUT2D eigenvalue weighted by Gasteiger charge is -2.14. The molecule has 0 unspecified atom stereocenters. The molecule has 17 heavy (non-hydrogen) atoms. The van der Waals surface area contributed by atoms with E-state index in [0.717, 1.165) is 29.3 Å². The van der Waals surface area contributed by atoms with Gasteiger partial charge in [-0.05, 0) is 37.1 Å². The highest BCUT2D eigenvalue weighted by molar-refractivity contribution is 8.00. The van der Waals surface area contributed by atoms with Crippen LogP contribution in [-0.4, -0.2) is 17.7 Å². The van der Waals surface area contributed by atoms with Gasteiger partial charge in [0.05, 0.1) is 5.25 Å². The van der Waals surface area contributed by atoms with Gasteiger partial charge >= 0.3 is 0 Å². The second kappa shape index (κ2) is 7.62. The Morgan fingerprint density at radius 1 is 1.35 bits per heavy atom. The summed E-state index contributed by atoms with van der Waals surface area (Å²) in [6.45, 7) is 4.82. The van der Waals surface area contributed by atoms with Gasteiger partial charge in [0.2, 0.25) is 5.91 Å². The fourth-order valence-corrected chi connectivity index (χ4v) is 2.47. The molecule has 0 aliphatic rings. The van der Waals surface area contributed by atoms with Crippen LogP contribution < -0.4 is 5.32 Å². The maximum absolute atomic E-state index is 11.8. The highest BCUT2D eigenvalue weighted by Crippen LogP contribution is 2.26. The van der Waals surface area contributed by atoms with E-state index in [0.29, 0.717) is 0 Å². The van der Waals surface area contributed by atoms with Crippen LogP contribution in [0.25, 0.3) is 0 Å². The fraction of sp³-hybridized carbons (Fsp3) is 0.462. The molecular formula is C13H18ClNOS. The van der Waals surface area contributed by atoms with Crippen LogP contribution in [0.5, 0.6) is 0 Å². The summed E-state index contributed by atoms with van der Waals surface area (Å²) in [7, 11) is 0. The van der Waals surface area contributed by atoms with Crippen molar-refractivity contribution in [2.75, 3.05) is 6.54 Å². The number of rotatable bonds is 6. The molecule has 1 aromatic carbocycles. The molecule has 0 saturated heterocycles. The van der Waals surface area contributed by atoms with Gasteiger partial charge in [0, 0.05) is 16.5 Å². The average molecular weight is 272 g/mol. The lowest BCUT2D eigenvalue weighted by atomic mass is 10.3. The van der Waals surface area contributed by atoms with Crippen LogP contribution in [0.2, 0.25) is 5.02 Å². The van der Waals surface area contributed by atoms with Gasteiger partial charge in [0.1, 0.15) is 0 Å². The van der Waals surface area contributed by atoms with Crippen LogP contribution >= 0.6 is 23.4 Å². The minimum absolute atomic E-state index is 0.0253. The van der Waals surface area contributed by atoms with Gasteiger partial charge < -0.3 is 5.32 Å². The van der Waals surface area contributed by atoms with Gasteiger partial charge in [-0.1, -0.05) is 25.4 Å². The van der Waals surface area contributed by atoms with Crippen LogP contribution in [0.3, 0.4) is 0 Å². The van der Waals surface area contributed by atoms with Crippen molar-refractivity contribution in [3.63, 3.8) is 0 Å². The van der Waals surface area contributed by atoms with E-state index >= 15 is 0 Å². The summed E-state index contributed by atoms with van der Waals surface area (Å²) in [4.78, 5) is 12.9. The molecule has 0 aliphatic heterocycles. The van der Waals surface area contributed by atoms with Crippen LogP contribution in [0, 0.1) is 0 Å². The first-order chi connectivity index (χ1) is 8.17. The van der Waals surface area contributed by atoms with E-state index in [1.807, 2.05) is 38.1 Å². The Kier molecular flexibility index (Phi) is 6.45. The van der Waals surface area contributed by atoms with E-state index in [1.54, 1.807) is 11.8 Å². The zero-order valence-electron chi connectivity index (χ0n) is 10.2. The van der Waals surface area contributed by atoms with Crippen molar-refractivity contribution in [2.24, 2.45) is 0 Å². The maximum atomic E-state index is 11.8. The van der Waals surface area contributed by atoms with Gasteiger partial charge in [-0.2, -0.15) is 0 Å². The third kappa shape index (κ3) is 5.00. The molecule has 1 aromatic rings. The minimum atomic E-state index is -0.0253. The van der Waals surface area contributed by atoms with Gasteiger partial charge in [-0.3, -0.25) is 4.79 Å². The number of halogens is 1. The lowest BCUT2D eigenvalue weighted by Crippen LogP contribution is -2.32. The first-order valence-corrected chi connectivity index (χ1v) is 7.13. The predicted molar refractivity (Wildman–Crippen MR) is 74.7 cm³/mol. The second-order valence-electron chi connectivity index (χ2n) is 3.76. The molecule has 0 radical (unpaired) electrons. The maximum Gasteiger partial charge on any atom is 0.233 e. The fourth-order valence-electron chi connectivity index (χ4n) is 1.36. The monoisotopic (exact) mass is 271 g/mol. The van der Waals surface area contributed by atoms with Crippen LogP contribution in [-0.2, 0) is 4.79 Å². The Balaban J connectivity index is 2.57. The molecule has 1 rings (SSSR count). The molecule has 0 heterocycles. The number of carbonyl (C=O) groups excluding carboxylic acids is 1. The molecule has 0 spiro atoms. The van der Waals surface area contributed by atoms with Gasteiger partial charge in [0.25, 0.3) is 0 Å². The lowest BCUT2D eigenvalue weighted by molar-refractivity contribution is -0.120. The van der Waals surface area contributed by atoms with E-state index in [1.165, 1.54) is 0 Å². The van der Waals surface area contributed by atoms with E-state index < -0.39 is 0 Å². The van der Waals surface area contributed by atoms with E-state index in [9.17, 15) is 4.79 Å². The van der Waals surface area contributed by atoms with Crippen molar-refractivity contribution in [3.8, 4) is 0 Å². The molecule has 0 fully saturated rings. The van der Waals surface area contributed by atoms with Crippen LogP contribution in [0.15, 0.2) is 29.2 Å². The summed E-state index contributed by atoms with van der Waals surface area (Å²) in [5, 5.41) is 3.62. The molecule has 94 valence electrons. The molecule has 1 atom stereocenters. The molecule has 4 heteroatoms. The molecule has 1 N–H and O–H groups in total. The SMILES string of the molecule is CCCNC(=O)[C@@H](CC)Sc1ccc(Cl)cc1. The number of thioether (sulfide) groups is 1. The Morgan fingerprint density at radius 2 is 2.00 bits per heavy atom. The van der Waals surface area contributed by atoms with Crippen molar-refractivity contribution in [3.05, 3.63) is 29.3 Å². The van der Waals surface area contributed by atoms with E-state index in [-0.39, 0.29) is 11.2 Å². The van der Waals surface area contributed by atoms with Crippen molar-refractivity contribution < 1.29 is 4.79 Å². The number of hydrogen-bond acceptors (Lipinski definition) is 2. The Hall–Kier alpha value is -0.670. The molecule has 2 nitrogen and oxygen atoms in total. The minimum Gasteiger partial charge on any atom is -0.355 e. The zero-order chi connectivity index (χ0) is 12.7.